The van der Waals surface area contributed by atoms with Crippen LogP contribution in [0.3, 0.4) is 0 Å². The first-order valence-electron chi connectivity index (χ1n) is 7.34. The van der Waals surface area contributed by atoms with E-state index in [-0.39, 0.29) is 41.6 Å². The van der Waals surface area contributed by atoms with Gasteiger partial charge in [-0.1, -0.05) is 18.2 Å². The molecule has 0 saturated carbocycles. The number of hydrogen-bond acceptors (Lipinski definition) is 8. The van der Waals surface area contributed by atoms with Gasteiger partial charge in [0.2, 0.25) is 0 Å². The van der Waals surface area contributed by atoms with Crippen LogP contribution in [0.15, 0.2) is 30.3 Å². The summed E-state index contributed by atoms with van der Waals surface area (Å²) in [4.78, 5) is 46.7. The van der Waals surface area contributed by atoms with E-state index in [0.29, 0.717) is 0 Å². The zero-order chi connectivity index (χ0) is 18.0. The number of hydrogen-bond donors (Lipinski definition) is 0. The maximum absolute atomic E-state index is 12.9. The minimum Gasteiger partial charge on any atom is -0.402 e. The molecule has 0 spiro atoms. The normalized spacial score (nSPS) is 18.4. The molecule has 0 radical (unpaired) electrons. The van der Waals surface area contributed by atoms with E-state index in [1.807, 2.05) is 0 Å². The summed E-state index contributed by atoms with van der Waals surface area (Å²) in [6.45, 7) is 0. The molecule has 2 fully saturated rings. The van der Waals surface area contributed by atoms with Crippen molar-refractivity contribution in [2.45, 2.75) is 25.7 Å². The summed E-state index contributed by atoms with van der Waals surface area (Å²) in [6.07, 6.45) is -0.477. The van der Waals surface area contributed by atoms with Gasteiger partial charge in [-0.15, -0.1) is 19.4 Å². The minimum absolute atomic E-state index is 0.0315. The van der Waals surface area contributed by atoms with Gasteiger partial charge >= 0.3 is 7.82 Å². The van der Waals surface area contributed by atoms with E-state index in [0.717, 1.165) is 0 Å². The molecular formula is C14H13N2O8P. The highest BCUT2D eigenvalue weighted by Gasteiger charge is 2.46. The van der Waals surface area contributed by atoms with Gasteiger partial charge < -0.3 is 4.52 Å². The lowest BCUT2D eigenvalue weighted by Gasteiger charge is -2.24. The summed E-state index contributed by atoms with van der Waals surface area (Å²) in [5, 5.41) is 0.545. The lowest BCUT2D eigenvalue weighted by Crippen LogP contribution is -2.33. The van der Waals surface area contributed by atoms with E-state index in [1.165, 1.54) is 12.1 Å². The number of benzene rings is 1. The molecule has 1 aromatic rings. The predicted octanol–water partition coefficient (Wildman–Crippen LogP) is 1.33. The SMILES string of the molecule is O=C1CCC(=O)N1OP(=O)(Oc1ccccc1)ON1C(=O)CCC1=O. The fourth-order valence-electron chi connectivity index (χ4n) is 2.15. The van der Waals surface area contributed by atoms with Gasteiger partial charge in [-0.25, -0.2) is 4.57 Å². The third-order valence-electron chi connectivity index (χ3n) is 3.34. The number of rotatable bonds is 6. The summed E-state index contributed by atoms with van der Waals surface area (Å²) in [5.41, 5.74) is 0. The Morgan fingerprint density at radius 2 is 1.12 bits per heavy atom. The zero-order valence-corrected chi connectivity index (χ0v) is 13.7. The van der Waals surface area contributed by atoms with Crippen LogP contribution in [0, 0.1) is 0 Å². The van der Waals surface area contributed by atoms with Crippen molar-refractivity contribution in [2.24, 2.45) is 0 Å². The fraction of sp³-hybridized carbons (Fsp3) is 0.286. The van der Waals surface area contributed by atoms with Gasteiger partial charge in [0.25, 0.3) is 23.6 Å². The number of imide groups is 2. The Hall–Kier alpha value is -2.55. The predicted molar refractivity (Wildman–Crippen MR) is 79.0 cm³/mol. The Kier molecular flexibility index (Phi) is 4.67. The summed E-state index contributed by atoms with van der Waals surface area (Å²) in [5.74, 6) is -2.90. The third kappa shape index (κ3) is 3.76. The second-order valence-electron chi connectivity index (χ2n) is 5.18. The molecular weight excluding hydrogens is 355 g/mol. The lowest BCUT2D eigenvalue weighted by molar-refractivity contribution is -0.180. The lowest BCUT2D eigenvalue weighted by atomic mass is 10.3. The van der Waals surface area contributed by atoms with Crippen molar-refractivity contribution in [2.75, 3.05) is 0 Å². The summed E-state index contributed by atoms with van der Waals surface area (Å²) in [7, 11) is -4.72. The van der Waals surface area contributed by atoms with Crippen molar-refractivity contribution in [3.8, 4) is 5.75 Å². The van der Waals surface area contributed by atoms with Crippen LogP contribution in [0.25, 0.3) is 0 Å². The Bertz CT molecular complexity index is 706. The fourth-order valence-corrected chi connectivity index (χ4v) is 3.39. The highest BCUT2D eigenvalue weighted by Crippen LogP contribution is 2.52. The van der Waals surface area contributed by atoms with E-state index in [4.69, 9.17) is 13.8 Å². The van der Waals surface area contributed by atoms with Crippen molar-refractivity contribution in [3.05, 3.63) is 30.3 Å². The largest absolute Gasteiger partial charge is 0.575 e. The highest BCUT2D eigenvalue weighted by atomic mass is 31.2. The molecule has 0 aromatic heterocycles. The van der Waals surface area contributed by atoms with E-state index in [9.17, 15) is 23.7 Å². The first kappa shape index (κ1) is 17.3. The summed E-state index contributed by atoms with van der Waals surface area (Å²) in [6, 6.07) is 7.64. The molecule has 1 aromatic carbocycles. The molecule has 4 amide bonds. The summed E-state index contributed by atoms with van der Waals surface area (Å²) >= 11 is 0. The van der Waals surface area contributed by atoms with Gasteiger partial charge in [0.1, 0.15) is 5.75 Å². The van der Waals surface area contributed by atoms with Gasteiger partial charge in [0, 0.05) is 25.7 Å². The van der Waals surface area contributed by atoms with Gasteiger partial charge in [0.15, 0.2) is 0 Å². The smallest absolute Gasteiger partial charge is 0.402 e. The standard InChI is InChI=1S/C14H13N2O8P/c17-11-6-7-12(18)15(11)23-25(21,22-10-4-2-1-3-5-10)24-16-13(19)8-9-14(16)20/h1-5H,6-9H2. The van der Waals surface area contributed by atoms with Gasteiger partial charge in [0.05, 0.1) is 0 Å². The van der Waals surface area contributed by atoms with Crippen LogP contribution < -0.4 is 4.52 Å². The van der Waals surface area contributed by atoms with Gasteiger partial charge in [-0.3, -0.25) is 19.2 Å². The molecule has 2 heterocycles. The quantitative estimate of drug-likeness (QED) is 0.545. The molecule has 0 aliphatic carbocycles. The first-order chi connectivity index (χ1) is 11.9. The topological polar surface area (TPSA) is 120 Å². The molecule has 0 atom stereocenters. The average molecular weight is 368 g/mol. The number of amides is 4. The molecule has 2 aliphatic rings. The van der Waals surface area contributed by atoms with Crippen LogP contribution in [-0.4, -0.2) is 33.8 Å². The molecule has 2 aliphatic heterocycles. The molecule has 3 rings (SSSR count). The maximum atomic E-state index is 12.9. The second-order valence-corrected chi connectivity index (χ2v) is 6.58. The number of phosphoric acid groups is 1. The van der Waals surface area contributed by atoms with Crippen molar-refractivity contribution < 1.29 is 37.5 Å². The van der Waals surface area contributed by atoms with Crippen molar-refractivity contribution >= 4 is 31.5 Å². The molecule has 132 valence electrons. The van der Waals surface area contributed by atoms with Crippen LogP contribution in [-0.2, 0) is 33.0 Å². The molecule has 0 bridgehead atoms. The number of hydroxylamine groups is 4. The monoisotopic (exact) mass is 368 g/mol. The van der Waals surface area contributed by atoms with Crippen LogP contribution in [0.2, 0.25) is 0 Å². The zero-order valence-electron chi connectivity index (χ0n) is 12.8. The van der Waals surface area contributed by atoms with Gasteiger partial charge in [-0.2, -0.15) is 0 Å². The molecule has 0 unspecified atom stereocenters. The Balaban J connectivity index is 1.86. The molecule has 11 heteroatoms. The van der Waals surface area contributed by atoms with E-state index in [2.05, 4.69) is 0 Å². The molecule has 2 saturated heterocycles. The maximum Gasteiger partial charge on any atom is 0.575 e. The molecule has 25 heavy (non-hydrogen) atoms. The Labute approximate surface area is 141 Å². The average Bonchev–Trinajstić information content (AvgIpc) is 3.06. The summed E-state index contributed by atoms with van der Waals surface area (Å²) < 4.78 is 27.8. The molecule has 0 N–H and O–H groups in total. The number of carbonyl (C=O) groups is 4. The van der Waals surface area contributed by atoms with Crippen LogP contribution in [0.4, 0.5) is 0 Å². The Morgan fingerprint density at radius 1 is 0.720 bits per heavy atom. The Morgan fingerprint density at radius 3 is 1.52 bits per heavy atom. The van der Waals surface area contributed by atoms with E-state index in [1.54, 1.807) is 18.2 Å². The number of carbonyl (C=O) groups excluding carboxylic acids is 4. The number of para-hydroxylation sites is 1. The van der Waals surface area contributed by atoms with E-state index >= 15 is 0 Å². The third-order valence-corrected chi connectivity index (χ3v) is 4.50. The second kappa shape index (κ2) is 6.75. The van der Waals surface area contributed by atoms with Crippen LogP contribution >= 0.6 is 7.82 Å². The molecule has 10 nitrogen and oxygen atoms in total. The number of nitrogens with zero attached hydrogens (tertiary/aromatic N) is 2. The highest BCUT2D eigenvalue weighted by molar-refractivity contribution is 7.48. The van der Waals surface area contributed by atoms with Crippen LogP contribution in [0.1, 0.15) is 25.7 Å². The first-order valence-corrected chi connectivity index (χ1v) is 8.80. The van der Waals surface area contributed by atoms with Crippen molar-refractivity contribution in [3.63, 3.8) is 0 Å². The van der Waals surface area contributed by atoms with Crippen LogP contribution in [0.5, 0.6) is 5.75 Å². The van der Waals surface area contributed by atoms with Gasteiger partial charge in [-0.05, 0) is 12.1 Å². The van der Waals surface area contributed by atoms with E-state index < -0.39 is 31.5 Å². The minimum atomic E-state index is -4.72. The van der Waals surface area contributed by atoms with Crippen molar-refractivity contribution in [1.82, 2.24) is 10.1 Å². The van der Waals surface area contributed by atoms with Crippen molar-refractivity contribution in [1.29, 1.82) is 0 Å².